The van der Waals surface area contributed by atoms with Crippen molar-refractivity contribution in [1.82, 2.24) is 10.2 Å². The standard InChI is InChI=1S/C24H29ClN4O5/c1-34-14-4-9-26-22(30)16-28-10-12-29(13-11-28)17-7-8-21(19(15-17)24(32)33)27-23(31)18-5-2-3-6-20(18)25/h2-3,5-8,15H,4,9-14,16H2,1H3,(H,26,30)(H,27,31)(H,32,33). The molecule has 0 aliphatic carbocycles. The van der Waals surface area contributed by atoms with Crippen LogP contribution >= 0.6 is 11.6 Å². The van der Waals surface area contributed by atoms with Crippen molar-refractivity contribution in [3.63, 3.8) is 0 Å². The van der Waals surface area contributed by atoms with Crippen LogP contribution in [-0.2, 0) is 9.53 Å². The van der Waals surface area contributed by atoms with E-state index in [9.17, 15) is 19.5 Å². The average Bonchev–Trinajstić information content (AvgIpc) is 2.83. The summed E-state index contributed by atoms with van der Waals surface area (Å²) in [6, 6.07) is 11.5. The molecule has 0 atom stereocenters. The van der Waals surface area contributed by atoms with Gasteiger partial charge in [-0.05, 0) is 36.8 Å². The number of amides is 2. The van der Waals surface area contributed by atoms with Crippen molar-refractivity contribution in [2.24, 2.45) is 0 Å². The smallest absolute Gasteiger partial charge is 0.337 e. The Morgan fingerprint density at radius 3 is 2.47 bits per heavy atom. The molecule has 2 aromatic rings. The highest BCUT2D eigenvalue weighted by molar-refractivity contribution is 6.34. The van der Waals surface area contributed by atoms with Crippen LogP contribution in [0.2, 0.25) is 5.02 Å². The maximum atomic E-state index is 12.6. The largest absolute Gasteiger partial charge is 0.478 e. The molecular formula is C24H29ClN4O5. The third kappa shape index (κ3) is 6.93. The van der Waals surface area contributed by atoms with Gasteiger partial charge in [0.1, 0.15) is 0 Å². The average molecular weight is 489 g/mol. The third-order valence-electron chi connectivity index (χ3n) is 5.55. The van der Waals surface area contributed by atoms with Crippen LogP contribution in [0.25, 0.3) is 0 Å². The van der Waals surface area contributed by atoms with E-state index in [2.05, 4.69) is 20.4 Å². The van der Waals surface area contributed by atoms with Crippen LogP contribution in [0, 0.1) is 0 Å². The number of ether oxygens (including phenoxy) is 1. The Hall–Kier alpha value is -3.14. The van der Waals surface area contributed by atoms with Crippen LogP contribution in [0.1, 0.15) is 27.1 Å². The zero-order valence-corrected chi connectivity index (χ0v) is 19.8. The fourth-order valence-corrected chi connectivity index (χ4v) is 3.94. The third-order valence-corrected chi connectivity index (χ3v) is 5.88. The van der Waals surface area contributed by atoms with Gasteiger partial charge in [-0.3, -0.25) is 14.5 Å². The van der Waals surface area contributed by atoms with Crippen LogP contribution in [0.5, 0.6) is 0 Å². The highest BCUT2D eigenvalue weighted by Crippen LogP contribution is 2.26. The van der Waals surface area contributed by atoms with Crippen LogP contribution in [-0.4, -0.2) is 80.8 Å². The Morgan fingerprint density at radius 1 is 1.06 bits per heavy atom. The second-order valence-corrected chi connectivity index (χ2v) is 8.34. The fraction of sp³-hybridized carbons (Fsp3) is 0.375. The van der Waals surface area contributed by atoms with Gasteiger partial charge in [-0.15, -0.1) is 0 Å². The van der Waals surface area contributed by atoms with E-state index in [4.69, 9.17) is 16.3 Å². The van der Waals surface area contributed by atoms with E-state index in [1.165, 1.54) is 0 Å². The Bertz CT molecular complexity index is 1020. The molecule has 0 bridgehead atoms. The number of carbonyl (C=O) groups excluding carboxylic acids is 2. The number of hydrogen-bond donors (Lipinski definition) is 3. The van der Waals surface area contributed by atoms with Gasteiger partial charge in [-0.2, -0.15) is 0 Å². The fourth-order valence-electron chi connectivity index (χ4n) is 3.72. The highest BCUT2D eigenvalue weighted by atomic mass is 35.5. The molecule has 10 heteroatoms. The van der Waals surface area contributed by atoms with Crippen molar-refractivity contribution >= 4 is 40.8 Å². The number of carboxylic acid groups (broad SMARTS) is 1. The lowest BCUT2D eigenvalue weighted by Crippen LogP contribution is -2.49. The summed E-state index contributed by atoms with van der Waals surface area (Å²) >= 11 is 6.08. The van der Waals surface area contributed by atoms with E-state index < -0.39 is 11.9 Å². The van der Waals surface area contributed by atoms with Gasteiger partial charge in [0.05, 0.1) is 28.4 Å². The maximum Gasteiger partial charge on any atom is 0.337 e. The summed E-state index contributed by atoms with van der Waals surface area (Å²) in [6.07, 6.45) is 0.775. The second-order valence-electron chi connectivity index (χ2n) is 7.93. The van der Waals surface area contributed by atoms with Gasteiger partial charge >= 0.3 is 5.97 Å². The number of piperazine rings is 1. The zero-order valence-electron chi connectivity index (χ0n) is 19.1. The maximum absolute atomic E-state index is 12.6. The molecule has 3 N–H and O–H groups in total. The number of rotatable bonds is 10. The van der Waals surface area contributed by atoms with E-state index in [1.807, 2.05) is 0 Å². The number of methoxy groups -OCH3 is 1. The topological polar surface area (TPSA) is 111 Å². The number of carboxylic acids is 1. The molecule has 0 saturated carbocycles. The molecule has 1 heterocycles. The summed E-state index contributed by atoms with van der Waals surface area (Å²) in [6.45, 7) is 4.19. The number of anilines is 2. The number of halogens is 1. The van der Waals surface area contributed by atoms with E-state index in [1.54, 1.807) is 49.6 Å². The quantitative estimate of drug-likeness (QED) is 0.441. The number of nitrogens with one attached hydrogen (secondary N) is 2. The highest BCUT2D eigenvalue weighted by Gasteiger charge is 2.22. The Balaban J connectivity index is 1.59. The molecule has 0 aromatic heterocycles. The molecule has 9 nitrogen and oxygen atoms in total. The Labute approximate surface area is 203 Å². The molecular weight excluding hydrogens is 460 g/mol. The molecule has 1 aliphatic rings. The minimum atomic E-state index is -1.14. The minimum absolute atomic E-state index is 0.00392. The summed E-state index contributed by atoms with van der Waals surface area (Å²) in [5.74, 6) is -1.63. The van der Waals surface area contributed by atoms with Crippen LogP contribution < -0.4 is 15.5 Å². The molecule has 34 heavy (non-hydrogen) atoms. The summed E-state index contributed by atoms with van der Waals surface area (Å²) in [7, 11) is 1.63. The molecule has 1 aliphatic heterocycles. The molecule has 0 radical (unpaired) electrons. The van der Waals surface area contributed by atoms with E-state index in [0.717, 1.165) is 12.1 Å². The number of aromatic carboxylic acids is 1. The number of hydrogen-bond acceptors (Lipinski definition) is 6. The Kier molecular flexibility index (Phi) is 9.26. The van der Waals surface area contributed by atoms with E-state index >= 15 is 0 Å². The van der Waals surface area contributed by atoms with Crippen molar-refractivity contribution in [3.8, 4) is 0 Å². The molecule has 182 valence electrons. The first kappa shape index (κ1) is 25.5. The summed E-state index contributed by atoms with van der Waals surface area (Å²) < 4.78 is 4.97. The van der Waals surface area contributed by atoms with Crippen molar-refractivity contribution in [1.29, 1.82) is 0 Å². The van der Waals surface area contributed by atoms with Crippen molar-refractivity contribution in [2.75, 3.05) is 63.2 Å². The van der Waals surface area contributed by atoms with Gasteiger partial charge in [0.25, 0.3) is 5.91 Å². The molecule has 1 fully saturated rings. The molecule has 2 aromatic carbocycles. The first-order valence-electron chi connectivity index (χ1n) is 11.0. The number of carbonyl (C=O) groups is 3. The Morgan fingerprint density at radius 2 is 1.79 bits per heavy atom. The SMILES string of the molecule is COCCCNC(=O)CN1CCN(c2ccc(NC(=O)c3ccccc3Cl)c(C(=O)O)c2)CC1. The second kappa shape index (κ2) is 12.4. The predicted molar refractivity (Wildman–Crippen MR) is 131 cm³/mol. The van der Waals surface area contributed by atoms with E-state index in [-0.39, 0.29) is 27.7 Å². The van der Waals surface area contributed by atoms with Gasteiger partial charge in [0, 0.05) is 52.1 Å². The van der Waals surface area contributed by atoms with Crippen LogP contribution in [0.3, 0.4) is 0 Å². The molecule has 2 amide bonds. The van der Waals surface area contributed by atoms with E-state index in [0.29, 0.717) is 45.9 Å². The zero-order chi connectivity index (χ0) is 24.5. The summed E-state index contributed by atoms with van der Waals surface area (Å²) in [5.41, 5.74) is 1.21. The number of benzene rings is 2. The van der Waals surface area contributed by atoms with Gasteiger partial charge < -0.3 is 25.4 Å². The van der Waals surface area contributed by atoms with Gasteiger partial charge in [0.2, 0.25) is 5.91 Å². The molecule has 0 unspecified atom stereocenters. The molecule has 1 saturated heterocycles. The first-order chi connectivity index (χ1) is 16.4. The minimum Gasteiger partial charge on any atom is -0.478 e. The molecule has 0 spiro atoms. The van der Waals surface area contributed by atoms with Crippen molar-refractivity contribution in [2.45, 2.75) is 6.42 Å². The monoisotopic (exact) mass is 488 g/mol. The van der Waals surface area contributed by atoms with Crippen molar-refractivity contribution in [3.05, 3.63) is 58.6 Å². The lowest BCUT2D eigenvalue weighted by atomic mass is 10.1. The van der Waals surface area contributed by atoms with Gasteiger partial charge in [-0.25, -0.2) is 4.79 Å². The van der Waals surface area contributed by atoms with Gasteiger partial charge in [0.15, 0.2) is 0 Å². The first-order valence-corrected chi connectivity index (χ1v) is 11.4. The summed E-state index contributed by atoms with van der Waals surface area (Å²) in [4.78, 5) is 40.7. The lowest BCUT2D eigenvalue weighted by Gasteiger charge is -2.36. The van der Waals surface area contributed by atoms with Crippen LogP contribution in [0.15, 0.2) is 42.5 Å². The lowest BCUT2D eigenvalue weighted by molar-refractivity contribution is -0.122. The van der Waals surface area contributed by atoms with Gasteiger partial charge in [-0.1, -0.05) is 23.7 Å². The predicted octanol–water partition coefficient (Wildman–Crippen LogP) is 2.57. The normalized spacial score (nSPS) is 14.0. The summed E-state index contributed by atoms with van der Waals surface area (Å²) in [5, 5.41) is 15.5. The number of nitrogens with zero attached hydrogens (tertiary/aromatic N) is 2. The van der Waals surface area contributed by atoms with Crippen LogP contribution in [0.4, 0.5) is 11.4 Å². The molecule has 3 rings (SSSR count). The van der Waals surface area contributed by atoms with Crippen molar-refractivity contribution < 1.29 is 24.2 Å².